The number of phosphoric acid groups is 1. The molecule has 3 atom stereocenters. The van der Waals surface area contributed by atoms with E-state index in [-0.39, 0.29) is 25.6 Å². The second-order valence-electron chi connectivity index (χ2n) is 19.3. The van der Waals surface area contributed by atoms with Gasteiger partial charge in [-0.1, -0.05) is 277 Å². The minimum atomic E-state index is -4.52. The van der Waals surface area contributed by atoms with E-state index in [1.165, 1.54) is 244 Å². The number of carbonyl (C=O) groups is 1. The molecule has 0 spiro atoms. The molecule has 64 heavy (non-hydrogen) atoms. The average Bonchev–Trinajstić information content (AvgIpc) is 3.29. The maximum Gasteiger partial charge on any atom is 0.472 e. The number of phosphoric ester groups is 1. The summed E-state index contributed by atoms with van der Waals surface area (Å²) in [5.41, 5.74) is 0. The fourth-order valence-electron chi connectivity index (χ4n) is 8.54. The summed E-state index contributed by atoms with van der Waals surface area (Å²) < 4.78 is 33.6. The van der Waals surface area contributed by atoms with Crippen molar-refractivity contribution < 1.29 is 43.0 Å². The SMILES string of the molecule is CCCCCCCCCCCCCCCCCCCCCCCCCOCC(COP(=O)(O)OCC(O)CO)OC(=O)CCCCCCCCCCCCCCCCCCCCCC. The van der Waals surface area contributed by atoms with Crippen LogP contribution < -0.4 is 0 Å². The molecule has 0 saturated heterocycles. The molecule has 3 N–H and O–H groups in total. The van der Waals surface area contributed by atoms with Gasteiger partial charge in [-0.25, -0.2) is 4.57 Å². The zero-order valence-corrected chi connectivity index (χ0v) is 43.4. The number of hydrogen-bond acceptors (Lipinski definition) is 8. The number of hydrogen-bond donors (Lipinski definition) is 3. The smallest absolute Gasteiger partial charge is 0.457 e. The predicted molar refractivity (Wildman–Crippen MR) is 270 cm³/mol. The minimum absolute atomic E-state index is 0.0591. The lowest BCUT2D eigenvalue weighted by atomic mass is 10.0. The van der Waals surface area contributed by atoms with E-state index in [1.54, 1.807) is 0 Å². The first-order valence-electron chi connectivity index (χ1n) is 28.0. The van der Waals surface area contributed by atoms with Crippen LogP contribution in [-0.4, -0.2) is 66.3 Å². The van der Waals surface area contributed by atoms with Gasteiger partial charge in [-0.15, -0.1) is 0 Å². The lowest BCUT2D eigenvalue weighted by molar-refractivity contribution is -0.154. The summed E-state index contributed by atoms with van der Waals surface area (Å²) >= 11 is 0. The van der Waals surface area contributed by atoms with Crippen molar-refractivity contribution in [1.29, 1.82) is 0 Å². The monoisotopic (exact) mass is 933 g/mol. The first kappa shape index (κ1) is 63.5. The molecule has 0 radical (unpaired) electrons. The van der Waals surface area contributed by atoms with Crippen molar-refractivity contribution in [1.82, 2.24) is 0 Å². The van der Waals surface area contributed by atoms with Gasteiger partial charge >= 0.3 is 13.8 Å². The van der Waals surface area contributed by atoms with E-state index in [1.807, 2.05) is 0 Å². The van der Waals surface area contributed by atoms with Gasteiger partial charge in [-0.2, -0.15) is 0 Å². The molecule has 0 aliphatic carbocycles. The third-order valence-electron chi connectivity index (χ3n) is 12.8. The van der Waals surface area contributed by atoms with Crippen LogP contribution in [0.2, 0.25) is 0 Å². The van der Waals surface area contributed by atoms with E-state index < -0.39 is 33.2 Å². The Labute approximate surface area is 397 Å². The molecule has 9 nitrogen and oxygen atoms in total. The molecule has 0 heterocycles. The Morgan fingerprint density at radius 1 is 0.422 bits per heavy atom. The first-order valence-corrected chi connectivity index (χ1v) is 29.5. The Morgan fingerprint density at radius 3 is 1.02 bits per heavy atom. The Balaban J connectivity index is 3.96. The number of ether oxygens (including phenoxy) is 2. The van der Waals surface area contributed by atoms with Crippen LogP contribution in [0.4, 0.5) is 0 Å². The molecule has 0 rings (SSSR count). The van der Waals surface area contributed by atoms with Crippen molar-refractivity contribution in [2.24, 2.45) is 0 Å². The van der Waals surface area contributed by atoms with E-state index in [0.29, 0.717) is 6.61 Å². The van der Waals surface area contributed by atoms with E-state index in [4.69, 9.17) is 23.6 Å². The molecule has 3 unspecified atom stereocenters. The van der Waals surface area contributed by atoms with Gasteiger partial charge in [0.2, 0.25) is 0 Å². The third kappa shape index (κ3) is 50.9. The second-order valence-corrected chi connectivity index (χ2v) is 20.8. The van der Waals surface area contributed by atoms with E-state index in [9.17, 15) is 19.4 Å². The highest BCUT2D eigenvalue weighted by Gasteiger charge is 2.26. The van der Waals surface area contributed by atoms with Crippen LogP contribution in [0, 0.1) is 0 Å². The van der Waals surface area contributed by atoms with Crippen LogP contribution >= 0.6 is 7.82 Å². The fraction of sp³-hybridized carbons (Fsp3) is 0.981. The molecule has 0 aliphatic heterocycles. The van der Waals surface area contributed by atoms with Crippen LogP contribution in [0.25, 0.3) is 0 Å². The van der Waals surface area contributed by atoms with E-state index in [0.717, 1.165) is 32.1 Å². The molecule has 0 aromatic rings. The molecule has 0 amide bonds. The molecular weight excluding hydrogens is 824 g/mol. The van der Waals surface area contributed by atoms with Crippen molar-refractivity contribution in [3.05, 3.63) is 0 Å². The lowest BCUT2D eigenvalue weighted by Gasteiger charge is -2.20. The third-order valence-corrected chi connectivity index (χ3v) is 13.7. The number of carbonyl (C=O) groups excluding carboxylic acids is 1. The number of aliphatic hydroxyl groups excluding tert-OH is 2. The molecule has 0 aliphatic rings. The highest BCUT2D eigenvalue weighted by molar-refractivity contribution is 7.47. The Hall–Kier alpha value is -0.540. The van der Waals surface area contributed by atoms with Gasteiger partial charge in [0.25, 0.3) is 0 Å². The van der Waals surface area contributed by atoms with Gasteiger partial charge < -0.3 is 24.6 Å². The van der Waals surface area contributed by atoms with Crippen molar-refractivity contribution in [3.8, 4) is 0 Å². The summed E-state index contributed by atoms with van der Waals surface area (Å²) in [5, 5.41) is 18.4. The van der Waals surface area contributed by atoms with Gasteiger partial charge in [0.15, 0.2) is 0 Å². The molecule has 10 heteroatoms. The molecule has 0 fully saturated rings. The molecule has 0 bridgehead atoms. The van der Waals surface area contributed by atoms with Gasteiger partial charge in [-0.05, 0) is 12.8 Å². The van der Waals surface area contributed by atoms with Crippen molar-refractivity contribution in [2.75, 3.05) is 33.0 Å². The zero-order chi connectivity index (χ0) is 46.7. The van der Waals surface area contributed by atoms with Gasteiger partial charge in [0.1, 0.15) is 12.2 Å². The topological polar surface area (TPSA) is 132 Å². The Morgan fingerprint density at radius 2 is 0.703 bits per heavy atom. The molecule has 384 valence electrons. The Kier molecular flexibility index (Phi) is 51.4. The molecule has 0 aromatic carbocycles. The molecule has 0 aromatic heterocycles. The zero-order valence-electron chi connectivity index (χ0n) is 42.5. The van der Waals surface area contributed by atoms with Crippen LogP contribution in [0.1, 0.15) is 296 Å². The van der Waals surface area contributed by atoms with Crippen molar-refractivity contribution in [2.45, 2.75) is 309 Å². The predicted octanol–water partition coefficient (Wildman–Crippen LogP) is 16.6. The summed E-state index contributed by atoms with van der Waals surface area (Å²) in [6.45, 7) is 3.62. The van der Waals surface area contributed by atoms with Crippen LogP contribution in [-0.2, 0) is 27.9 Å². The normalized spacial score (nSPS) is 13.6. The number of esters is 1. The molecule has 0 saturated carbocycles. The summed E-state index contributed by atoms with van der Waals surface area (Å²) in [5.74, 6) is -0.372. The molecular formula is C54H109O9P. The van der Waals surface area contributed by atoms with Gasteiger partial charge in [-0.3, -0.25) is 13.8 Å². The largest absolute Gasteiger partial charge is 0.472 e. The second kappa shape index (κ2) is 51.8. The quantitative estimate of drug-likeness (QED) is 0.0310. The van der Waals surface area contributed by atoms with Crippen molar-refractivity contribution in [3.63, 3.8) is 0 Å². The van der Waals surface area contributed by atoms with Crippen molar-refractivity contribution >= 4 is 13.8 Å². The van der Waals surface area contributed by atoms with Gasteiger partial charge in [0, 0.05) is 13.0 Å². The number of unbranched alkanes of at least 4 members (excludes halogenated alkanes) is 41. The van der Waals surface area contributed by atoms with Crippen LogP contribution in [0.5, 0.6) is 0 Å². The summed E-state index contributed by atoms with van der Waals surface area (Å²) in [7, 11) is -4.52. The first-order chi connectivity index (χ1) is 31.3. The number of aliphatic hydroxyl groups is 2. The summed E-state index contributed by atoms with van der Waals surface area (Å²) in [4.78, 5) is 22.7. The highest BCUT2D eigenvalue weighted by atomic mass is 31.2. The fourth-order valence-corrected chi connectivity index (χ4v) is 9.33. The maximum atomic E-state index is 12.7. The standard InChI is InChI=1S/C54H109O9P/c1-3-5-7-9-11-13-15-17-19-21-23-25-26-27-29-31-33-35-37-39-41-43-45-47-60-50-53(51-62-64(58,59)61-49-52(56)48-55)63-54(57)46-44-42-40-38-36-34-32-30-28-24-22-20-18-16-14-12-10-8-6-4-2/h52-53,55-56H,3-51H2,1-2H3,(H,58,59). The Bertz CT molecular complexity index is 969. The minimum Gasteiger partial charge on any atom is -0.457 e. The van der Waals surface area contributed by atoms with Crippen LogP contribution in [0.3, 0.4) is 0 Å². The van der Waals surface area contributed by atoms with Crippen LogP contribution in [0.15, 0.2) is 0 Å². The maximum absolute atomic E-state index is 12.7. The summed E-state index contributed by atoms with van der Waals surface area (Å²) in [6, 6.07) is 0. The average molecular weight is 933 g/mol. The number of rotatable bonds is 55. The van der Waals surface area contributed by atoms with E-state index >= 15 is 0 Å². The highest BCUT2D eigenvalue weighted by Crippen LogP contribution is 2.43. The van der Waals surface area contributed by atoms with E-state index in [2.05, 4.69) is 13.8 Å². The summed E-state index contributed by atoms with van der Waals surface area (Å²) in [6.07, 6.45) is 55.1. The van der Waals surface area contributed by atoms with Gasteiger partial charge in [0.05, 0.1) is 26.4 Å². The lowest BCUT2D eigenvalue weighted by Crippen LogP contribution is -2.29.